The lowest BCUT2D eigenvalue weighted by Crippen LogP contribution is -2.31. The molecule has 0 unspecified atom stereocenters. The smallest absolute Gasteiger partial charge is 0.0523 e. The number of halogens is 1. The number of rotatable bonds is 1. The van der Waals surface area contributed by atoms with Crippen molar-refractivity contribution in [1.29, 1.82) is 0 Å². The predicted molar refractivity (Wildman–Crippen MR) is 67.8 cm³/mol. The maximum absolute atomic E-state index is 6.17. The van der Waals surface area contributed by atoms with Gasteiger partial charge < -0.3 is 10.3 Å². The molecular weight excluding hydrogens is 252 g/mol. The zero-order valence-corrected chi connectivity index (χ0v) is 10.8. The van der Waals surface area contributed by atoms with E-state index in [4.69, 9.17) is 5.73 Å². The van der Waals surface area contributed by atoms with Crippen LogP contribution in [0.1, 0.15) is 19.5 Å². The summed E-state index contributed by atoms with van der Waals surface area (Å²) in [7, 11) is 2.05. The van der Waals surface area contributed by atoms with Crippen molar-refractivity contribution in [2.75, 3.05) is 0 Å². The molecule has 1 aromatic heterocycles. The summed E-state index contributed by atoms with van der Waals surface area (Å²) in [5.74, 6) is 0. The van der Waals surface area contributed by atoms with E-state index in [1.54, 1.807) is 0 Å². The number of aryl methyl sites for hydroxylation is 1. The second-order valence-electron chi connectivity index (χ2n) is 4.46. The van der Waals surface area contributed by atoms with Gasteiger partial charge in [0.05, 0.1) is 11.2 Å². The minimum Gasteiger partial charge on any atom is -0.345 e. The molecule has 15 heavy (non-hydrogen) atoms. The predicted octanol–water partition coefficient (Wildman–Crippen LogP) is 3.13. The average molecular weight is 267 g/mol. The van der Waals surface area contributed by atoms with Gasteiger partial charge in [0.25, 0.3) is 0 Å². The summed E-state index contributed by atoms with van der Waals surface area (Å²) in [6.45, 7) is 4.04. The zero-order chi connectivity index (χ0) is 11.2. The maximum atomic E-state index is 6.17. The van der Waals surface area contributed by atoms with Crippen LogP contribution >= 0.6 is 15.9 Å². The molecule has 0 spiro atoms. The summed E-state index contributed by atoms with van der Waals surface area (Å²) in [5, 5.41) is 1.22. The fraction of sp³-hybridized carbons (Fsp3) is 0.333. The first-order valence-electron chi connectivity index (χ1n) is 4.95. The van der Waals surface area contributed by atoms with E-state index in [-0.39, 0.29) is 5.54 Å². The van der Waals surface area contributed by atoms with Crippen LogP contribution in [0.3, 0.4) is 0 Å². The number of fused-ring (bicyclic) bond motifs is 1. The number of nitrogens with zero attached hydrogens (tertiary/aromatic N) is 1. The van der Waals surface area contributed by atoms with Crippen LogP contribution in [0.25, 0.3) is 10.9 Å². The Balaban J connectivity index is 2.87. The molecular formula is C12H15BrN2. The molecule has 0 amide bonds. The van der Waals surface area contributed by atoms with Crippen LogP contribution in [0.2, 0.25) is 0 Å². The number of benzene rings is 1. The third-order valence-corrected chi connectivity index (χ3v) is 3.46. The van der Waals surface area contributed by atoms with Gasteiger partial charge in [0.1, 0.15) is 0 Å². The lowest BCUT2D eigenvalue weighted by Gasteiger charge is -2.20. The third kappa shape index (κ3) is 1.60. The van der Waals surface area contributed by atoms with Gasteiger partial charge in [-0.2, -0.15) is 0 Å². The second kappa shape index (κ2) is 3.35. The van der Waals surface area contributed by atoms with Crippen LogP contribution in [0.15, 0.2) is 28.7 Å². The van der Waals surface area contributed by atoms with E-state index < -0.39 is 0 Å². The molecule has 2 aromatic rings. The molecule has 0 fully saturated rings. The number of para-hydroxylation sites is 1. The van der Waals surface area contributed by atoms with Crippen molar-refractivity contribution in [3.05, 3.63) is 34.4 Å². The van der Waals surface area contributed by atoms with Gasteiger partial charge >= 0.3 is 0 Å². The van der Waals surface area contributed by atoms with Gasteiger partial charge in [-0.25, -0.2) is 0 Å². The fourth-order valence-corrected chi connectivity index (χ4v) is 3.17. The largest absolute Gasteiger partial charge is 0.345 e. The third-order valence-electron chi connectivity index (χ3n) is 2.66. The van der Waals surface area contributed by atoms with Gasteiger partial charge in [-0.15, -0.1) is 0 Å². The average Bonchev–Trinajstić information content (AvgIpc) is 2.39. The fourth-order valence-electron chi connectivity index (χ4n) is 2.06. The molecule has 80 valence electrons. The highest BCUT2D eigenvalue weighted by atomic mass is 79.9. The molecule has 0 radical (unpaired) electrons. The maximum Gasteiger partial charge on any atom is 0.0523 e. The van der Waals surface area contributed by atoms with Crippen LogP contribution in [-0.4, -0.2) is 4.57 Å². The van der Waals surface area contributed by atoms with Crippen molar-refractivity contribution >= 4 is 26.8 Å². The number of aromatic nitrogens is 1. The minimum atomic E-state index is -0.341. The molecule has 0 aliphatic heterocycles. The first-order chi connectivity index (χ1) is 6.93. The van der Waals surface area contributed by atoms with E-state index >= 15 is 0 Å². The van der Waals surface area contributed by atoms with E-state index in [0.717, 1.165) is 10.2 Å². The topological polar surface area (TPSA) is 30.9 Å². The van der Waals surface area contributed by atoms with Crippen molar-refractivity contribution in [3.8, 4) is 0 Å². The summed E-state index contributed by atoms with van der Waals surface area (Å²) < 4.78 is 3.26. The lowest BCUT2D eigenvalue weighted by atomic mass is 10.0. The minimum absolute atomic E-state index is 0.341. The van der Waals surface area contributed by atoms with E-state index in [9.17, 15) is 0 Å². The van der Waals surface area contributed by atoms with Gasteiger partial charge in [0.15, 0.2) is 0 Å². The van der Waals surface area contributed by atoms with Gasteiger partial charge in [-0.1, -0.05) is 18.2 Å². The molecule has 0 aliphatic carbocycles. The van der Waals surface area contributed by atoms with Gasteiger partial charge in [0.2, 0.25) is 0 Å². The number of nitrogens with two attached hydrogens (primary N) is 1. The van der Waals surface area contributed by atoms with Crippen molar-refractivity contribution in [1.82, 2.24) is 4.57 Å². The Kier molecular flexibility index (Phi) is 2.40. The van der Waals surface area contributed by atoms with Crippen LogP contribution in [0.5, 0.6) is 0 Å². The van der Waals surface area contributed by atoms with Crippen LogP contribution in [-0.2, 0) is 12.6 Å². The molecule has 0 saturated heterocycles. The Hall–Kier alpha value is -0.800. The second-order valence-corrected chi connectivity index (χ2v) is 5.25. The van der Waals surface area contributed by atoms with Gasteiger partial charge in [-0.3, -0.25) is 0 Å². The summed E-state index contributed by atoms with van der Waals surface area (Å²) in [4.78, 5) is 0. The standard InChI is InChI=1S/C12H15BrN2/c1-12(2,14)11-10(13)8-6-4-5-7-9(8)15(11)3/h4-7H,14H2,1-3H3. The highest BCUT2D eigenvalue weighted by Crippen LogP contribution is 2.35. The van der Waals surface area contributed by atoms with Crippen LogP contribution in [0, 0.1) is 0 Å². The van der Waals surface area contributed by atoms with Crippen LogP contribution in [0.4, 0.5) is 0 Å². The van der Waals surface area contributed by atoms with Crippen molar-refractivity contribution in [2.24, 2.45) is 12.8 Å². The Bertz CT molecular complexity index is 467. The molecule has 1 heterocycles. The Labute approximate surface area is 98.2 Å². The van der Waals surface area contributed by atoms with E-state index in [2.05, 4.69) is 39.7 Å². The van der Waals surface area contributed by atoms with Crippen LogP contribution < -0.4 is 5.73 Å². The number of hydrogen-bond acceptors (Lipinski definition) is 1. The van der Waals surface area contributed by atoms with E-state index in [1.165, 1.54) is 10.9 Å². The van der Waals surface area contributed by atoms with Crippen molar-refractivity contribution in [2.45, 2.75) is 19.4 Å². The normalized spacial score (nSPS) is 12.3. The summed E-state index contributed by atoms with van der Waals surface area (Å²) in [6, 6.07) is 8.30. The number of hydrogen-bond donors (Lipinski definition) is 1. The molecule has 0 atom stereocenters. The Morgan fingerprint density at radius 1 is 1.27 bits per heavy atom. The first kappa shape index (κ1) is 10.7. The van der Waals surface area contributed by atoms with Crippen molar-refractivity contribution in [3.63, 3.8) is 0 Å². The monoisotopic (exact) mass is 266 g/mol. The SMILES string of the molecule is Cn1c(C(C)(C)N)c(Br)c2ccccc21. The highest BCUT2D eigenvalue weighted by molar-refractivity contribution is 9.10. The quantitative estimate of drug-likeness (QED) is 0.845. The summed E-state index contributed by atoms with van der Waals surface area (Å²) in [5.41, 5.74) is 8.17. The van der Waals surface area contributed by atoms with Gasteiger partial charge in [0, 0.05) is 22.4 Å². The molecule has 2 N–H and O–H groups in total. The lowest BCUT2D eigenvalue weighted by molar-refractivity contribution is 0.513. The molecule has 0 saturated carbocycles. The zero-order valence-electron chi connectivity index (χ0n) is 9.21. The Morgan fingerprint density at radius 2 is 1.87 bits per heavy atom. The van der Waals surface area contributed by atoms with Gasteiger partial charge in [-0.05, 0) is 35.8 Å². The highest BCUT2D eigenvalue weighted by Gasteiger charge is 2.24. The molecule has 0 bridgehead atoms. The van der Waals surface area contributed by atoms with E-state index in [0.29, 0.717) is 0 Å². The summed E-state index contributed by atoms with van der Waals surface area (Å²) in [6.07, 6.45) is 0. The molecule has 1 aromatic carbocycles. The summed E-state index contributed by atoms with van der Waals surface area (Å²) >= 11 is 3.64. The Morgan fingerprint density at radius 3 is 2.40 bits per heavy atom. The first-order valence-corrected chi connectivity index (χ1v) is 5.74. The molecule has 2 rings (SSSR count). The molecule has 2 nitrogen and oxygen atoms in total. The van der Waals surface area contributed by atoms with Crippen molar-refractivity contribution < 1.29 is 0 Å². The molecule has 3 heteroatoms. The van der Waals surface area contributed by atoms with E-state index in [1.807, 2.05) is 26.0 Å². The molecule has 0 aliphatic rings.